The number of benzene rings is 1. The van der Waals surface area contributed by atoms with E-state index in [1.54, 1.807) is 0 Å². The second kappa shape index (κ2) is 6.83. The molecule has 1 fully saturated rings. The lowest BCUT2D eigenvalue weighted by molar-refractivity contribution is 0.136. The Kier molecular flexibility index (Phi) is 5.32. The van der Waals surface area contributed by atoms with Crippen molar-refractivity contribution in [3.8, 4) is 5.75 Å². The Hall–Kier alpha value is -1.02. The molecule has 1 aromatic carbocycles. The minimum atomic E-state index is 0.450. The van der Waals surface area contributed by atoms with Crippen LogP contribution in [0.5, 0.6) is 5.75 Å². The zero-order chi connectivity index (χ0) is 15.5. The molecule has 2 nitrogen and oxygen atoms in total. The normalized spacial score (nSPS) is 23.2. The Morgan fingerprint density at radius 2 is 1.86 bits per heavy atom. The zero-order valence-electron chi connectivity index (χ0n) is 14.1. The summed E-state index contributed by atoms with van der Waals surface area (Å²) in [6.07, 6.45) is 6.46. The minimum Gasteiger partial charge on any atom is -0.507 e. The topological polar surface area (TPSA) is 32.3 Å². The van der Waals surface area contributed by atoms with Crippen molar-refractivity contribution in [1.82, 2.24) is 5.32 Å². The van der Waals surface area contributed by atoms with Crippen molar-refractivity contribution >= 4 is 0 Å². The third kappa shape index (κ3) is 4.00. The van der Waals surface area contributed by atoms with Crippen molar-refractivity contribution in [1.29, 1.82) is 0 Å². The fraction of sp³-hybridized carbons (Fsp3) is 0.684. The van der Waals surface area contributed by atoms with Gasteiger partial charge in [0.05, 0.1) is 0 Å². The highest BCUT2D eigenvalue weighted by Crippen LogP contribution is 2.40. The van der Waals surface area contributed by atoms with Crippen LogP contribution in [0.1, 0.15) is 64.0 Å². The number of phenolic OH excluding ortho intramolecular Hbond substituents is 1. The molecule has 0 aromatic heterocycles. The fourth-order valence-electron chi connectivity index (χ4n) is 3.48. The molecule has 2 heteroatoms. The van der Waals surface area contributed by atoms with E-state index in [1.165, 1.54) is 32.1 Å². The number of phenols is 1. The number of aryl methyl sites for hydroxylation is 1. The molecule has 118 valence electrons. The van der Waals surface area contributed by atoms with Gasteiger partial charge in [0.1, 0.15) is 5.75 Å². The van der Waals surface area contributed by atoms with Crippen molar-refractivity contribution in [2.45, 2.75) is 72.4 Å². The van der Waals surface area contributed by atoms with Gasteiger partial charge in [-0.1, -0.05) is 45.4 Å². The van der Waals surface area contributed by atoms with E-state index in [-0.39, 0.29) is 0 Å². The van der Waals surface area contributed by atoms with Crippen LogP contribution in [-0.2, 0) is 6.54 Å². The lowest BCUT2D eigenvalue weighted by Gasteiger charge is -2.39. The van der Waals surface area contributed by atoms with Crippen LogP contribution in [0.3, 0.4) is 0 Å². The Morgan fingerprint density at radius 1 is 1.19 bits per heavy atom. The molecule has 0 unspecified atom stereocenters. The van der Waals surface area contributed by atoms with Crippen molar-refractivity contribution in [3.63, 3.8) is 0 Å². The summed E-state index contributed by atoms with van der Waals surface area (Å²) in [6.45, 7) is 9.87. The van der Waals surface area contributed by atoms with E-state index in [0.29, 0.717) is 17.2 Å². The van der Waals surface area contributed by atoms with Crippen LogP contribution in [0.15, 0.2) is 18.2 Å². The molecule has 2 rings (SSSR count). The SMILES string of the molecule is CCC(C)(C)C1CCC(NCc2cccc(C)c2O)CC1. The summed E-state index contributed by atoms with van der Waals surface area (Å²) in [4.78, 5) is 0. The van der Waals surface area contributed by atoms with Gasteiger partial charge in [0.25, 0.3) is 0 Å². The first kappa shape index (κ1) is 16.4. The maximum atomic E-state index is 10.1. The highest BCUT2D eigenvalue weighted by molar-refractivity contribution is 5.39. The maximum Gasteiger partial charge on any atom is 0.122 e. The minimum absolute atomic E-state index is 0.450. The van der Waals surface area contributed by atoms with Gasteiger partial charge in [0.15, 0.2) is 0 Å². The largest absolute Gasteiger partial charge is 0.507 e. The summed E-state index contributed by atoms with van der Waals surface area (Å²) in [5.74, 6) is 1.32. The lowest BCUT2D eigenvalue weighted by atomic mass is 9.69. The molecule has 0 saturated heterocycles. The fourth-order valence-corrected chi connectivity index (χ4v) is 3.48. The summed E-state index contributed by atoms with van der Waals surface area (Å²) in [6, 6.07) is 6.60. The van der Waals surface area contributed by atoms with Crippen LogP contribution in [0, 0.1) is 18.3 Å². The van der Waals surface area contributed by atoms with Gasteiger partial charge in [-0.15, -0.1) is 0 Å². The average molecular weight is 289 g/mol. The number of hydrogen-bond acceptors (Lipinski definition) is 2. The predicted octanol–water partition coefficient (Wildman–Crippen LogP) is 4.79. The van der Waals surface area contributed by atoms with Gasteiger partial charge in [-0.3, -0.25) is 0 Å². The highest BCUT2D eigenvalue weighted by atomic mass is 16.3. The van der Waals surface area contributed by atoms with Crippen molar-refractivity contribution < 1.29 is 5.11 Å². The Morgan fingerprint density at radius 3 is 2.48 bits per heavy atom. The molecule has 0 atom stereocenters. The highest BCUT2D eigenvalue weighted by Gasteiger charge is 2.31. The number of para-hydroxylation sites is 1. The van der Waals surface area contributed by atoms with Crippen molar-refractivity contribution in [2.24, 2.45) is 11.3 Å². The second-order valence-electron chi connectivity index (χ2n) is 7.35. The molecule has 0 amide bonds. The molecule has 0 spiro atoms. The smallest absolute Gasteiger partial charge is 0.122 e. The predicted molar refractivity (Wildman–Crippen MR) is 89.5 cm³/mol. The maximum absolute atomic E-state index is 10.1. The van der Waals surface area contributed by atoms with Crippen molar-refractivity contribution in [2.75, 3.05) is 0 Å². The molecule has 0 heterocycles. The molecule has 1 saturated carbocycles. The van der Waals surface area contributed by atoms with Gasteiger partial charge >= 0.3 is 0 Å². The molecule has 0 bridgehead atoms. The lowest BCUT2D eigenvalue weighted by Crippen LogP contribution is -2.36. The Balaban J connectivity index is 1.83. The number of rotatable bonds is 5. The molecular formula is C19H31NO. The number of nitrogens with one attached hydrogen (secondary N) is 1. The quantitative estimate of drug-likeness (QED) is 0.817. The standard InChI is InChI=1S/C19H31NO/c1-5-19(3,4)16-9-11-17(12-10-16)20-13-15-8-6-7-14(2)18(15)21/h6-8,16-17,20-21H,5,9-13H2,1-4H3. The van der Waals surface area contributed by atoms with E-state index in [9.17, 15) is 5.11 Å². The van der Waals surface area contributed by atoms with E-state index in [4.69, 9.17) is 0 Å². The molecule has 0 radical (unpaired) electrons. The summed E-state index contributed by atoms with van der Waals surface area (Å²) in [7, 11) is 0. The van der Waals surface area contributed by atoms with Crippen LogP contribution in [0.4, 0.5) is 0 Å². The van der Waals surface area contributed by atoms with Gasteiger partial charge in [0, 0.05) is 18.2 Å². The summed E-state index contributed by atoms with van der Waals surface area (Å²) < 4.78 is 0. The molecule has 1 aliphatic rings. The number of hydrogen-bond donors (Lipinski definition) is 2. The van der Waals surface area contributed by atoms with Gasteiger partial charge in [0.2, 0.25) is 0 Å². The van der Waals surface area contributed by atoms with Gasteiger partial charge in [-0.25, -0.2) is 0 Å². The van der Waals surface area contributed by atoms with E-state index in [2.05, 4.69) is 26.1 Å². The van der Waals surface area contributed by atoms with Crippen LogP contribution in [-0.4, -0.2) is 11.1 Å². The summed E-state index contributed by atoms with van der Waals surface area (Å²) in [5.41, 5.74) is 2.47. The molecule has 0 aliphatic heterocycles. The molecular weight excluding hydrogens is 258 g/mol. The average Bonchev–Trinajstić information content (AvgIpc) is 2.49. The van der Waals surface area contributed by atoms with E-state index in [1.807, 2.05) is 25.1 Å². The number of aromatic hydroxyl groups is 1. The Labute approximate surface area is 130 Å². The van der Waals surface area contributed by atoms with Crippen LogP contribution < -0.4 is 5.32 Å². The third-order valence-corrected chi connectivity index (χ3v) is 5.65. The van der Waals surface area contributed by atoms with Gasteiger partial charge in [-0.05, 0) is 49.5 Å². The van der Waals surface area contributed by atoms with E-state index < -0.39 is 0 Å². The zero-order valence-corrected chi connectivity index (χ0v) is 14.1. The summed E-state index contributed by atoms with van der Waals surface area (Å²) in [5, 5.41) is 13.7. The molecule has 21 heavy (non-hydrogen) atoms. The monoisotopic (exact) mass is 289 g/mol. The molecule has 2 N–H and O–H groups in total. The van der Waals surface area contributed by atoms with E-state index >= 15 is 0 Å². The molecule has 1 aliphatic carbocycles. The second-order valence-corrected chi connectivity index (χ2v) is 7.35. The summed E-state index contributed by atoms with van der Waals surface area (Å²) >= 11 is 0. The van der Waals surface area contributed by atoms with Crippen molar-refractivity contribution in [3.05, 3.63) is 29.3 Å². The first-order chi connectivity index (χ1) is 9.94. The van der Waals surface area contributed by atoms with Gasteiger partial charge < -0.3 is 10.4 Å². The van der Waals surface area contributed by atoms with Crippen LogP contribution >= 0.6 is 0 Å². The first-order valence-corrected chi connectivity index (χ1v) is 8.45. The van der Waals surface area contributed by atoms with Crippen LogP contribution in [0.2, 0.25) is 0 Å². The molecule has 1 aromatic rings. The Bertz CT molecular complexity index is 459. The van der Waals surface area contributed by atoms with Gasteiger partial charge in [-0.2, -0.15) is 0 Å². The third-order valence-electron chi connectivity index (χ3n) is 5.65. The van der Waals surface area contributed by atoms with Crippen LogP contribution in [0.25, 0.3) is 0 Å². The van der Waals surface area contributed by atoms with E-state index in [0.717, 1.165) is 23.6 Å². The first-order valence-electron chi connectivity index (χ1n) is 8.45.